The molecule has 0 saturated carbocycles. The highest BCUT2D eigenvalue weighted by molar-refractivity contribution is 6.31. The lowest BCUT2D eigenvalue weighted by Gasteiger charge is -2.18. The first kappa shape index (κ1) is 17.0. The fourth-order valence-electron chi connectivity index (χ4n) is 2.20. The SMILES string of the molecule is CCCC(Oc1ccc(Cl)cc1C(=O)c1ccccc1)C(N)=O. The highest BCUT2D eigenvalue weighted by Crippen LogP contribution is 2.27. The van der Waals surface area contributed by atoms with Crippen LogP contribution in [0, 0.1) is 0 Å². The van der Waals surface area contributed by atoms with E-state index in [2.05, 4.69) is 0 Å². The number of rotatable bonds is 7. The molecule has 5 heteroatoms. The maximum absolute atomic E-state index is 12.7. The predicted molar refractivity (Wildman–Crippen MR) is 89.8 cm³/mol. The van der Waals surface area contributed by atoms with Crippen molar-refractivity contribution in [2.45, 2.75) is 25.9 Å². The van der Waals surface area contributed by atoms with Gasteiger partial charge < -0.3 is 10.5 Å². The molecular formula is C18H18ClNO3. The lowest BCUT2D eigenvalue weighted by Crippen LogP contribution is -2.34. The Hall–Kier alpha value is -2.33. The maximum Gasteiger partial charge on any atom is 0.258 e. The Morgan fingerprint density at radius 1 is 1.17 bits per heavy atom. The predicted octanol–water partition coefficient (Wildman–Crippen LogP) is 3.60. The van der Waals surface area contributed by atoms with Crippen LogP contribution in [0.4, 0.5) is 0 Å². The molecule has 4 nitrogen and oxygen atoms in total. The van der Waals surface area contributed by atoms with E-state index in [4.69, 9.17) is 22.1 Å². The molecule has 0 radical (unpaired) electrons. The van der Waals surface area contributed by atoms with Crippen molar-refractivity contribution in [2.75, 3.05) is 0 Å². The number of ketones is 1. The minimum absolute atomic E-state index is 0.220. The Morgan fingerprint density at radius 2 is 1.87 bits per heavy atom. The summed E-state index contributed by atoms with van der Waals surface area (Å²) in [5, 5.41) is 0.419. The Bertz CT molecular complexity index is 701. The lowest BCUT2D eigenvalue weighted by molar-refractivity contribution is -0.125. The molecule has 2 N–H and O–H groups in total. The molecule has 0 spiro atoms. The molecule has 2 rings (SSSR count). The summed E-state index contributed by atoms with van der Waals surface area (Å²) in [6.45, 7) is 1.93. The number of carbonyl (C=O) groups excluding carboxylic acids is 2. The normalized spacial score (nSPS) is 11.7. The number of primary amides is 1. The van der Waals surface area contributed by atoms with Crippen LogP contribution in [0.2, 0.25) is 5.02 Å². The zero-order valence-corrected chi connectivity index (χ0v) is 13.5. The third-order valence-electron chi connectivity index (χ3n) is 3.36. The number of amides is 1. The van der Waals surface area contributed by atoms with Crippen LogP contribution in [0.5, 0.6) is 5.75 Å². The maximum atomic E-state index is 12.7. The minimum Gasteiger partial charge on any atom is -0.480 e. The molecule has 0 saturated heterocycles. The van der Waals surface area contributed by atoms with Crippen LogP contribution in [0.1, 0.15) is 35.7 Å². The summed E-state index contributed by atoms with van der Waals surface area (Å²) in [5.74, 6) is -0.469. The van der Waals surface area contributed by atoms with Gasteiger partial charge in [-0.2, -0.15) is 0 Å². The van der Waals surface area contributed by atoms with Crippen LogP contribution in [0.3, 0.4) is 0 Å². The second-order valence-electron chi connectivity index (χ2n) is 5.13. The Kier molecular flexibility index (Phi) is 5.77. The van der Waals surface area contributed by atoms with Gasteiger partial charge in [-0.25, -0.2) is 0 Å². The number of benzene rings is 2. The van der Waals surface area contributed by atoms with Gasteiger partial charge in [0, 0.05) is 10.6 Å². The summed E-state index contributed by atoms with van der Waals surface area (Å²) in [6, 6.07) is 13.6. The van der Waals surface area contributed by atoms with E-state index in [0.29, 0.717) is 28.3 Å². The van der Waals surface area contributed by atoms with Crippen LogP contribution in [0.15, 0.2) is 48.5 Å². The monoisotopic (exact) mass is 331 g/mol. The minimum atomic E-state index is -0.775. The summed E-state index contributed by atoms with van der Waals surface area (Å²) in [4.78, 5) is 24.2. The molecule has 0 bridgehead atoms. The first-order chi connectivity index (χ1) is 11.0. The summed E-state index contributed by atoms with van der Waals surface area (Å²) in [6.07, 6.45) is 0.448. The van der Waals surface area contributed by atoms with Crippen molar-refractivity contribution in [3.8, 4) is 5.75 Å². The van der Waals surface area contributed by atoms with Gasteiger partial charge in [0.15, 0.2) is 11.9 Å². The van der Waals surface area contributed by atoms with Gasteiger partial charge in [-0.05, 0) is 24.6 Å². The molecule has 2 aromatic carbocycles. The number of halogens is 1. The van der Waals surface area contributed by atoms with Crippen LogP contribution >= 0.6 is 11.6 Å². The van der Waals surface area contributed by atoms with Crippen LogP contribution in [-0.4, -0.2) is 17.8 Å². The van der Waals surface area contributed by atoms with E-state index < -0.39 is 12.0 Å². The molecule has 1 unspecified atom stereocenters. The van der Waals surface area contributed by atoms with Gasteiger partial charge in [0.1, 0.15) is 5.75 Å². The smallest absolute Gasteiger partial charge is 0.258 e. The summed E-state index contributed by atoms with van der Waals surface area (Å²) < 4.78 is 5.69. The Morgan fingerprint density at radius 3 is 2.48 bits per heavy atom. The highest BCUT2D eigenvalue weighted by Gasteiger charge is 2.21. The van der Waals surface area contributed by atoms with E-state index in [1.807, 2.05) is 13.0 Å². The van der Waals surface area contributed by atoms with Gasteiger partial charge in [-0.3, -0.25) is 9.59 Å². The van der Waals surface area contributed by atoms with Crippen molar-refractivity contribution >= 4 is 23.3 Å². The van der Waals surface area contributed by atoms with Gasteiger partial charge in [-0.15, -0.1) is 0 Å². The van der Waals surface area contributed by atoms with E-state index in [-0.39, 0.29) is 5.78 Å². The first-order valence-electron chi connectivity index (χ1n) is 7.38. The average molecular weight is 332 g/mol. The number of nitrogens with two attached hydrogens (primary N) is 1. The molecule has 2 aromatic rings. The largest absolute Gasteiger partial charge is 0.480 e. The zero-order valence-electron chi connectivity index (χ0n) is 12.8. The Balaban J connectivity index is 2.37. The number of ether oxygens (including phenoxy) is 1. The molecule has 0 aromatic heterocycles. The van der Waals surface area contributed by atoms with Crippen molar-refractivity contribution in [1.29, 1.82) is 0 Å². The quantitative estimate of drug-likeness (QED) is 0.788. The fourth-order valence-corrected chi connectivity index (χ4v) is 2.37. The van der Waals surface area contributed by atoms with E-state index in [0.717, 1.165) is 6.42 Å². The van der Waals surface area contributed by atoms with Gasteiger partial charge in [0.05, 0.1) is 5.56 Å². The topological polar surface area (TPSA) is 69.4 Å². The molecule has 23 heavy (non-hydrogen) atoms. The molecule has 1 atom stereocenters. The van der Waals surface area contributed by atoms with Crippen LogP contribution in [-0.2, 0) is 4.79 Å². The summed E-state index contributed by atoms with van der Waals surface area (Å²) in [7, 11) is 0. The third-order valence-corrected chi connectivity index (χ3v) is 3.59. The second-order valence-corrected chi connectivity index (χ2v) is 5.57. The average Bonchev–Trinajstić information content (AvgIpc) is 2.55. The molecule has 0 aliphatic carbocycles. The Labute approximate surface area is 140 Å². The van der Waals surface area contributed by atoms with Crippen molar-refractivity contribution in [3.63, 3.8) is 0 Å². The third kappa shape index (κ3) is 4.33. The second kappa shape index (κ2) is 7.79. The summed E-state index contributed by atoms with van der Waals surface area (Å²) >= 11 is 6.01. The molecule has 0 heterocycles. The van der Waals surface area contributed by atoms with Gasteiger partial charge in [-0.1, -0.05) is 55.3 Å². The van der Waals surface area contributed by atoms with Crippen molar-refractivity contribution in [1.82, 2.24) is 0 Å². The number of hydrogen-bond donors (Lipinski definition) is 1. The van der Waals surface area contributed by atoms with Gasteiger partial charge >= 0.3 is 0 Å². The molecule has 0 aliphatic rings. The molecule has 0 fully saturated rings. The summed E-state index contributed by atoms with van der Waals surface area (Å²) in [5.41, 5.74) is 6.19. The lowest BCUT2D eigenvalue weighted by atomic mass is 10.0. The zero-order chi connectivity index (χ0) is 16.8. The highest BCUT2D eigenvalue weighted by atomic mass is 35.5. The van der Waals surface area contributed by atoms with Crippen LogP contribution < -0.4 is 10.5 Å². The van der Waals surface area contributed by atoms with Gasteiger partial charge in [0.25, 0.3) is 5.91 Å². The molecule has 1 amide bonds. The first-order valence-corrected chi connectivity index (χ1v) is 7.76. The van der Waals surface area contributed by atoms with E-state index in [1.165, 1.54) is 6.07 Å². The van der Waals surface area contributed by atoms with E-state index >= 15 is 0 Å². The molecule has 120 valence electrons. The van der Waals surface area contributed by atoms with Gasteiger partial charge in [0.2, 0.25) is 0 Å². The molecular weight excluding hydrogens is 314 g/mol. The number of carbonyl (C=O) groups is 2. The number of hydrogen-bond acceptors (Lipinski definition) is 3. The van der Waals surface area contributed by atoms with E-state index in [1.54, 1.807) is 36.4 Å². The van der Waals surface area contributed by atoms with Crippen molar-refractivity contribution in [3.05, 3.63) is 64.7 Å². The van der Waals surface area contributed by atoms with Crippen molar-refractivity contribution < 1.29 is 14.3 Å². The van der Waals surface area contributed by atoms with E-state index in [9.17, 15) is 9.59 Å². The fraction of sp³-hybridized carbons (Fsp3) is 0.222. The standard InChI is InChI=1S/C18H18ClNO3/c1-2-6-16(18(20)22)23-15-10-9-13(19)11-14(15)17(21)12-7-4-3-5-8-12/h3-5,7-11,16H,2,6H2,1H3,(H2,20,22). The van der Waals surface area contributed by atoms with Crippen molar-refractivity contribution in [2.24, 2.45) is 5.73 Å². The van der Waals surface area contributed by atoms with Crippen LogP contribution in [0.25, 0.3) is 0 Å². The molecule has 0 aliphatic heterocycles.